The zero-order valence-electron chi connectivity index (χ0n) is 36.3. The van der Waals surface area contributed by atoms with Crippen molar-refractivity contribution in [2.24, 2.45) is 0 Å². The number of fused-ring (bicyclic) bond motifs is 4. The van der Waals surface area contributed by atoms with Crippen molar-refractivity contribution >= 4 is 49.6 Å². The molecule has 0 spiro atoms. The highest BCUT2D eigenvalue weighted by Crippen LogP contribution is 2.47. The number of nitrogens with zero attached hydrogens (tertiary/aromatic N) is 2. The predicted octanol–water partition coefficient (Wildman–Crippen LogP) is 17.7. The lowest BCUT2D eigenvalue weighted by molar-refractivity contribution is 1.17. The highest BCUT2D eigenvalue weighted by atomic mass is 15.1. The molecule has 0 saturated carbocycles. The molecule has 66 heavy (non-hydrogen) atoms. The molecule has 0 atom stereocenters. The molecule has 0 radical (unpaired) electrons. The molecular weight excluding hydrogens is 797 g/mol. The maximum Gasteiger partial charge on any atom is 0.0541 e. The van der Waals surface area contributed by atoms with Crippen LogP contribution in [0.5, 0.6) is 0 Å². The first-order valence-electron chi connectivity index (χ1n) is 22.7. The first-order chi connectivity index (χ1) is 32.7. The Bertz CT molecular complexity index is 3630. The Morgan fingerprint density at radius 1 is 0.258 bits per heavy atom. The van der Waals surface area contributed by atoms with Gasteiger partial charge in [-0.2, -0.15) is 0 Å². The van der Waals surface area contributed by atoms with Gasteiger partial charge in [0.15, 0.2) is 0 Å². The fourth-order valence-corrected chi connectivity index (χ4v) is 9.85. The van der Waals surface area contributed by atoms with Gasteiger partial charge in [0.25, 0.3) is 0 Å². The van der Waals surface area contributed by atoms with E-state index in [1.54, 1.807) is 0 Å². The van der Waals surface area contributed by atoms with Crippen molar-refractivity contribution in [3.05, 3.63) is 267 Å². The Morgan fingerprint density at radius 2 is 0.727 bits per heavy atom. The molecule has 2 heteroatoms. The van der Waals surface area contributed by atoms with Gasteiger partial charge in [0.1, 0.15) is 0 Å². The summed E-state index contributed by atoms with van der Waals surface area (Å²) < 4.78 is 2.38. The Morgan fingerprint density at radius 3 is 1.42 bits per heavy atom. The summed E-state index contributed by atoms with van der Waals surface area (Å²) in [5, 5.41) is 4.98. The second-order valence-electron chi connectivity index (χ2n) is 16.9. The van der Waals surface area contributed by atoms with Gasteiger partial charge < -0.3 is 9.47 Å². The van der Waals surface area contributed by atoms with Crippen LogP contribution >= 0.6 is 0 Å². The summed E-state index contributed by atoms with van der Waals surface area (Å²) in [6.45, 7) is 0. The zero-order valence-corrected chi connectivity index (χ0v) is 36.3. The number of rotatable bonds is 9. The Kier molecular flexibility index (Phi) is 9.89. The number of anilines is 3. The highest BCUT2D eigenvalue weighted by molar-refractivity contribution is 6.09. The van der Waals surface area contributed by atoms with E-state index in [0.717, 1.165) is 33.9 Å². The molecule has 1 aromatic heterocycles. The molecule has 310 valence electrons. The lowest BCUT2D eigenvalue weighted by Crippen LogP contribution is -2.11. The Hall–Kier alpha value is -8.72. The van der Waals surface area contributed by atoms with Gasteiger partial charge in [-0.05, 0) is 128 Å². The van der Waals surface area contributed by atoms with Gasteiger partial charge >= 0.3 is 0 Å². The molecule has 1 heterocycles. The number of benzene rings is 11. The van der Waals surface area contributed by atoms with Gasteiger partial charge in [0.2, 0.25) is 0 Å². The zero-order chi connectivity index (χ0) is 43.8. The highest BCUT2D eigenvalue weighted by Gasteiger charge is 2.22. The fraction of sp³-hybridized carbons (Fsp3) is 0. The van der Waals surface area contributed by atoms with E-state index in [0.29, 0.717) is 0 Å². The van der Waals surface area contributed by atoms with Crippen molar-refractivity contribution in [3.63, 3.8) is 0 Å². The summed E-state index contributed by atoms with van der Waals surface area (Å²) in [7, 11) is 0. The van der Waals surface area contributed by atoms with E-state index in [4.69, 9.17) is 0 Å². The van der Waals surface area contributed by atoms with Crippen molar-refractivity contribution in [2.45, 2.75) is 0 Å². The van der Waals surface area contributed by atoms with Crippen LogP contribution in [-0.4, -0.2) is 4.57 Å². The molecular formula is C64H44N2. The monoisotopic (exact) mass is 840 g/mol. The van der Waals surface area contributed by atoms with Crippen LogP contribution in [0, 0.1) is 0 Å². The summed E-state index contributed by atoms with van der Waals surface area (Å²) in [5.41, 5.74) is 18.5. The van der Waals surface area contributed by atoms with Gasteiger partial charge in [-0.1, -0.05) is 200 Å². The first kappa shape index (κ1) is 38.9. The second-order valence-corrected chi connectivity index (χ2v) is 16.9. The van der Waals surface area contributed by atoms with Crippen molar-refractivity contribution in [3.8, 4) is 61.3 Å². The van der Waals surface area contributed by atoms with E-state index in [-0.39, 0.29) is 0 Å². The van der Waals surface area contributed by atoms with Crippen LogP contribution in [0.25, 0.3) is 93.9 Å². The minimum Gasteiger partial charge on any atom is -0.310 e. The fourth-order valence-electron chi connectivity index (χ4n) is 9.85. The lowest BCUT2D eigenvalue weighted by Gasteiger charge is -2.29. The van der Waals surface area contributed by atoms with E-state index in [2.05, 4.69) is 276 Å². The second kappa shape index (κ2) is 16.8. The molecule has 2 nitrogen and oxygen atoms in total. The topological polar surface area (TPSA) is 8.17 Å². The number of aromatic nitrogens is 1. The first-order valence-corrected chi connectivity index (χ1v) is 22.7. The van der Waals surface area contributed by atoms with E-state index in [1.807, 2.05) is 0 Å². The maximum atomic E-state index is 2.42. The van der Waals surface area contributed by atoms with Crippen molar-refractivity contribution in [1.82, 2.24) is 4.57 Å². The van der Waals surface area contributed by atoms with Crippen molar-refractivity contribution in [1.29, 1.82) is 0 Å². The molecule has 0 unspecified atom stereocenters. The van der Waals surface area contributed by atoms with Crippen LogP contribution in [0.1, 0.15) is 0 Å². The van der Waals surface area contributed by atoms with Crippen LogP contribution in [0.3, 0.4) is 0 Å². The average molecular weight is 841 g/mol. The van der Waals surface area contributed by atoms with Crippen molar-refractivity contribution in [2.75, 3.05) is 4.90 Å². The van der Waals surface area contributed by atoms with Gasteiger partial charge in [-0.25, -0.2) is 0 Å². The van der Waals surface area contributed by atoms with Gasteiger partial charge in [-0.3, -0.25) is 0 Å². The molecule has 0 aliphatic heterocycles. The van der Waals surface area contributed by atoms with Gasteiger partial charge in [0, 0.05) is 33.4 Å². The molecule has 12 aromatic rings. The lowest BCUT2D eigenvalue weighted by atomic mass is 9.86. The van der Waals surface area contributed by atoms with Crippen LogP contribution in [0.2, 0.25) is 0 Å². The summed E-state index contributed by atoms with van der Waals surface area (Å²) in [6.07, 6.45) is 0. The van der Waals surface area contributed by atoms with E-state index < -0.39 is 0 Å². The average Bonchev–Trinajstić information content (AvgIpc) is 3.74. The molecule has 11 aromatic carbocycles. The van der Waals surface area contributed by atoms with E-state index in [9.17, 15) is 0 Å². The van der Waals surface area contributed by atoms with Gasteiger partial charge in [0.05, 0.1) is 16.7 Å². The standard InChI is InChI=1S/C64H44N2/c1-3-17-45(18-4-1)51-35-42-57(61(44-51)56-24-10-9-23-55(56)48-20-5-2-6-21-48)58-25-11-14-28-62(58)65(52-36-33-47(34-37-52)50-32-31-46-19-7-8-22-49(46)43-50)53-38-40-54(41-39-53)66-63-29-15-12-26-59(63)60-27-13-16-30-64(60)66/h1-44H. The van der Waals surface area contributed by atoms with E-state index >= 15 is 0 Å². The van der Waals surface area contributed by atoms with E-state index in [1.165, 1.54) is 77.1 Å². The quantitative estimate of drug-likeness (QED) is 0.141. The summed E-state index contributed by atoms with van der Waals surface area (Å²) in [5.74, 6) is 0. The third kappa shape index (κ3) is 7.02. The summed E-state index contributed by atoms with van der Waals surface area (Å²) in [6, 6.07) is 97.0. The third-order valence-electron chi connectivity index (χ3n) is 13.0. The molecule has 0 bridgehead atoms. The molecule has 0 saturated heterocycles. The maximum absolute atomic E-state index is 2.42. The number of hydrogen-bond acceptors (Lipinski definition) is 1. The molecule has 0 N–H and O–H groups in total. The van der Waals surface area contributed by atoms with Crippen LogP contribution in [-0.2, 0) is 0 Å². The predicted molar refractivity (Wildman–Crippen MR) is 280 cm³/mol. The smallest absolute Gasteiger partial charge is 0.0541 e. The van der Waals surface area contributed by atoms with Crippen LogP contribution in [0.4, 0.5) is 17.1 Å². The minimum absolute atomic E-state index is 1.07. The summed E-state index contributed by atoms with van der Waals surface area (Å²) in [4.78, 5) is 2.42. The number of para-hydroxylation sites is 3. The Balaban J connectivity index is 1.04. The molecule has 0 fully saturated rings. The minimum atomic E-state index is 1.07. The van der Waals surface area contributed by atoms with Crippen LogP contribution < -0.4 is 4.90 Å². The number of hydrogen-bond donors (Lipinski definition) is 0. The molecule has 12 rings (SSSR count). The molecule has 0 aliphatic rings. The third-order valence-corrected chi connectivity index (χ3v) is 13.0. The van der Waals surface area contributed by atoms with Crippen molar-refractivity contribution < 1.29 is 0 Å². The SMILES string of the molecule is c1ccc(-c2ccc(-c3ccccc3N(c3ccc(-c4ccc5ccccc5c4)cc3)c3ccc(-n4c5ccccc5c5ccccc54)cc3)c(-c3ccccc3-c3ccccc3)c2)cc1. The molecule has 0 amide bonds. The normalized spacial score (nSPS) is 11.3. The van der Waals surface area contributed by atoms with Crippen LogP contribution in [0.15, 0.2) is 267 Å². The largest absolute Gasteiger partial charge is 0.310 e. The Labute approximate surface area is 385 Å². The van der Waals surface area contributed by atoms with Gasteiger partial charge in [-0.15, -0.1) is 0 Å². The summed E-state index contributed by atoms with van der Waals surface area (Å²) >= 11 is 0. The molecule has 0 aliphatic carbocycles.